The highest BCUT2D eigenvalue weighted by Gasteiger charge is 2.26. The van der Waals surface area contributed by atoms with E-state index in [4.69, 9.17) is 5.73 Å². The van der Waals surface area contributed by atoms with Crippen LogP contribution in [0.2, 0.25) is 0 Å². The Kier molecular flexibility index (Phi) is 2.74. The molecular formula is C16H13FN4O. The van der Waals surface area contributed by atoms with E-state index in [1.165, 1.54) is 10.6 Å². The third-order valence-corrected chi connectivity index (χ3v) is 3.98. The molecule has 2 aromatic carbocycles. The summed E-state index contributed by atoms with van der Waals surface area (Å²) in [4.78, 5) is 11.9. The smallest absolute Gasteiger partial charge is 0.321 e. The summed E-state index contributed by atoms with van der Waals surface area (Å²) in [6.45, 7) is 0. The molecule has 1 aromatic heterocycles. The quantitative estimate of drug-likeness (QED) is 0.720. The van der Waals surface area contributed by atoms with Gasteiger partial charge in [0.25, 0.3) is 0 Å². The Hall–Kier alpha value is -2.73. The monoisotopic (exact) mass is 296 g/mol. The standard InChI is InChI=1S/C16H13FN4O/c17-12-4-2-1-3-11(12)9-5-6-14-10(7-9)8-13(18)15-19-20-16(22)21(14)15/h1-7,13H,8,18H2,(H,20,22). The molecule has 0 saturated heterocycles. The summed E-state index contributed by atoms with van der Waals surface area (Å²) in [7, 11) is 0. The molecule has 5 nitrogen and oxygen atoms in total. The predicted octanol–water partition coefficient (Wildman–Crippen LogP) is 1.92. The van der Waals surface area contributed by atoms with E-state index in [0.29, 0.717) is 17.8 Å². The first-order valence-electron chi connectivity index (χ1n) is 6.96. The van der Waals surface area contributed by atoms with Crippen LogP contribution >= 0.6 is 0 Å². The summed E-state index contributed by atoms with van der Waals surface area (Å²) < 4.78 is 15.4. The van der Waals surface area contributed by atoms with Crippen molar-refractivity contribution in [1.82, 2.24) is 14.8 Å². The number of hydrogen-bond acceptors (Lipinski definition) is 3. The van der Waals surface area contributed by atoms with Gasteiger partial charge in [-0.15, -0.1) is 0 Å². The molecule has 22 heavy (non-hydrogen) atoms. The average Bonchev–Trinajstić information content (AvgIpc) is 2.90. The van der Waals surface area contributed by atoms with Crippen molar-refractivity contribution in [3.63, 3.8) is 0 Å². The van der Waals surface area contributed by atoms with Crippen molar-refractivity contribution in [2.45, 2.75) is 12.5 Å². The lowest BCUT2D eigenvalue weighted by Crippen LogP contribution is -2.28. The van der Waals surface area contributed by atoms with Crippen LogP contribution in [0.25, 0.3) is 16.8 Å². The molecule has 1 aliphatic rings. The third-order valence-electron chi connectivity index (χ3n) is 3.98. The largest absolute Gasteiger partial charge is 0.347 e. The highest BCUT2D eigenvalue weighted by molar-refractivity contribution is 5.67. The molecule has 3 N–H and O–H groups in total. The molecule has 2 heterocycles. The Morgan fingerprint density at radius 1 is 1.27 bits per heavy atom. The fourth-order valence-corrected chi connectivity index (χ4v) is 2.95. The summed E-state index contributed by atoms with van der Waals surface area (Å²) in [6.07, 6.45) is 0.557. The van der Waals surface area contributed by atoms with Crippen molar-refractivity contribution in [3.8, 4) is 16.8 Å². The molecule has 1 atom stereocenters. The molecule has 110 valence electrons. The highest BCUT2D eigenvalue weighted by atomic mass is 19.1. The van der Waals surface area contributed by atoms with E-state index in [2.05, 4.69) is 10.2 Å². The molecule has 1 aliphatic heterocycles. The second-order valence-corrected chi connectivity index (χ2v) is 5.36. The van der Waals surface area contributed by atoms with E-state index >= 15 is 0 Å². The number of H-pyrrole nitrogens is 1. The molecule has 0 aliphatic carbocycles. The van der Waals surface area contributed by atoms with Crippen molar-refractivity contribution in [1.29, 1.82) is 0 Å². The van der Waals surface area contributed by atoms with Gasteiger partial charge in [-0.05, 0) is 35.7 Å². The zero-order valence-corrected chi connectivity index (χ0v) is 11.6. The average molecular weight is 296 g/mol. The number of aromatic amines is 1. The number of aromatic nitrogens is 3. The van der Waals surface area contributed by atoms with Crippen LogP contribution in [0.5, 0.6) is 0 Å². The number of nitrogens with zero attached hydrogens (tertiary/aromatic N) is 2. The van der Waals surface area contributed by atoms with Crippen LogP contribution in [-0.4, -0.2) is 14.8 Å². The van der Waals surface area contributed by atoms with Gasteiger partial charge in [0.2, 0.25) is 0 Å². The lowest BCUT2D eigenvalue weighted by atomic mass is 9.95. The zero-order valence-electron chi connectivity index (χ0n) is 11.6. The molecule has 0 saturated carbocycles. The molecular weight excluding hydrogens is 283 g/mol. The normalized spacial score (nSPS) is 16.2. The maximum absolute atomic E-state index is 13.9. The molecule has 0 fully saturated rings. The van der Waals surface area contributed by atoms with E-state index < -0.39 is 0 Å². The van der Waals surface area contributed by atoms with Gasteiger partial charge in [0.15, 0.2) is 5.82 Å². The van der Waals surface area contributed by atoms with Gasteiger partial charge in [0, 0.05) is 5.56 Å². The minimum atomic E-state index is -0.359. The van der Waals surface area contributed by atoms with Gasteiger partial charge in [-0.3, -0.25) is 0 Å². The first kappa shape index (κ1) is 13.0. The van der Waals surface area contributed by atoms with Crippen LogP contribution in [0.4, 0.5) is 4.39 Å². The number of halogens is 1. The number of benzene rings is 2. The van der Waals surface area contributed by atoms with Crippen LogP contribution < -0.4 is 11.4 Å². The zero-order chi connectivity index (χ0) is 15.3. The molecule has 4 rings (SSSR count). The van der Waals surface area contributed by atoms with Crippen LogP contribution in [0.3, 0.4) is 0 Å². The molecule has 0 spiro atoms. The Balaban J connectivity index is 1.91. The summed E-state index contributed by atoms with van der Waals surface area (Å²) in [5, 5.41) is 6.39. The van der Waals surface area contributed by atoms with Gasteiger partial charge < -0.3 is 5.73 Å². The Labute approximate surface area is 125 Å². The van der Waals surface area contributed by atoms with E-state index in [0.717, 1.165) is 16.8 Å². The lowest BCUT2D eigenvalue weighted by Gasteiger charge is -2.22. The predicted molar refractivity (Wildman–Crippen MR) is 80.2 cm³/mol. The van der Waals surface area contributed by atoms with Crippen molar-refractivity contribution in [2.24, 2.45) is 5.73 Å². The van der Waals surface area contributed by atoms with Crippen molar-refractivity contribution in [3.05, 3.63) is 70.2 Å². The Morgan fingerprint density at radius 3 is 2.91 bits per heavy atom. The fraction of sp³-hybridized carbons (Fsp3) is 0.125. The van der Waals surface area contributed by atoms with Crippen molar-refractivity contribution < 1.29 is 4.39 Å². The van der Waals surface area contributed by atoms with Gasteiger partial charge in [-0.1, -0.05) is 24.3 Å². The molecule has 0 amide bonds. The molecule has 6 heteroatoms. The fourth-order valence-electron chi connectivity index (χ4n) is 2.95. The van der Waals surface area contributed by atoms with Crippen molar-refractivity contribution in [2.75, 3.05) is 0 Å². The van der Waals surface area contributed by atoms with E-state index in [1.807, 2.05) is 12.1 Å². The lowest BCUT2D eigenvalue weighted by molar-refractivity contribution is 0.618. The summed E-state index contributed by atoms with van der Waals surface area (Å²) in [6, 6.07) is 11.8. The molecule has 1 unspecified atom stereocenters. The van der Waals surface area contributed by atoms with Crippen LogP contribution in [0.1, 0.15) is 17.4 Å². The number of hydrogen-bond donors (Lipinski definition) is 2. The second-order valence-electron chi connectivity index (χ2n) is 5.36. The number of fused-ring (bicyclic) bond motifs is 3. The van der Waals surface area contributed by atoms with Gasteiger partial charge in [-0.2, -0.15) is 5.10 Å². The van der Waals surface area contributed by atoms with Crippen LogP contribution in [0, 0.1) is 5.82 Å². The van der Waals surface area contributed by atoms with Crippen molar-refractivity contribution >= 4 is 0 Å². The van der Waals surface area contributed by atoms with Gasteiger partial charge in [0.1, 0.15) is 5.82 Å². The number of rotatable bonds is 1. The molecule has 3 aromatic rings. The second kappa shape index (κ2) is 4.64. The Bertz CT molecular complexity index is 928. The van der Waals surface area contributed by atoms with Gasteiger partial charge in [0.05, 0.1) is 11.7 Å². The summed E-state index contributed by atoms with van der Waals surface area (Å²) >= 11 is 0. The van der Waals surface area contributed by atoms with Gasteiger partial charge in [-0.25, -0.2) is 18.9 Å². The topological polar surface area (TPSA) is 76.7 Å². The minimum Gasteiger partial charge on any atom is -0.321 e. The highest BCUT2D eigenvalue weighted by Crippen LogP contribution is 2.31. The maximum atomic E-state index is 13.9. The van der Waals surface area contributed by atoms with Crippen LogP contribution in [-0.2, 0) is 6.42 Å². The Morgan fingerprint density at radius 2 is 2.09 bits per heavy atom. The molecule has 0 radical (unpaired) electrons. The first-order chi connectivity index (χ1) is 10.6. The SMILES string of the molecule is NC1Cc2cc(-c3ccccc3F)ccc2-n2c1n[nH]c2=O. The molecule has 0 bridgehead atoms. The van der Waals surface area contributed by atoms with E-state index in [-0.39, 0.29) is 17.5 Å². The maximum Gasteiger partial charge on any atom is 0.347 e. The van der Waals surface area contributed by atoms with E-state index in [1.54, 1.807) is 24.3 Å². The summed E-state index contributed by atoms with van der Waals surface area (Å²) in [5.41, 5.74) is 8.71. The minimum absolute atomic E-state index is 0.274. The van der Waals surface area contributed by atoms with Crippen LogP contribution in [0.15, 0.2) is 47.3 Å². The van der Waals surface area contributed by atoms with E-state index in [9.17, 15) is 9.18 Å². The first-order valence-corrected chi connectivity index (χ1v) is 6.96. The number of nitrogens with one attached hydrogen (secondary N) is 1. The number of nitrogens with two attached hydrogens (primary N) is 1. The third kappa shape index (κ3) is 1.81. The summed E-state index contributed by atoms with van der Waals surface area (Å²) in [5.74, 6) is 0.250. The van der Waals surface area contributed by atoms with Gasteiger partial charge >= 0.3 is 5.69 Å².